The zero-order valence-electron chi connectivity index (χ0n) is 7.74. The molecule has 3 nitrogen and oxygen atoms in total. The van der Waals surface area contributed by atoms with Crippen molar-refractivity contribution < 1.29 is 14.6 Å². The molecule has 1 aliphatic carbocycles. The van der Waals surface area contributed by atoms with Crippen LogP contribution in [0, 0.1) is 5.92 Å². The van der Waals surface area contributed by atoms with E-state index in [4.69, 9.17) is 5.11 Å². The Labute approximate surface area is 78.4 Å². The van der Waals surface area contributed by atoms with E-state index in [9.17, 15) is 4.79 Å². The Balaban J connectivity index is 2.23. The summed E-state index contributed by atoms with van der Waals surface area (Å²) in [7, 11) is 0. The van der Waals surface area contributed by atoms with Crippen molar-refractivity contribution in [3.8, 4) is 0 Å². The van der Waals surface area contributed by atoms with Crippen molar-refractivity contribution in [2.45, 2.75) is 32.1 Å². The molecular weight excluding hydrogens is 168 g/mol. The maximum atomic E-state index is 10.2. The lowest BCUT2D eigenvalue weighted by molar-refractivity contribution is 0.0736. The lowest BCUT2D eigenvalue weighted by Crippen LogP contribution is -2.13. The molecule has 0 radical (unpaired) electrons. The topological polar surface area (TPSA) is 46.5 Å². The highest BCUT2D eigenvalue weighted by atomic mass is 16.7. The minimum absolute atomic E-state index is 0.364. The number of hydrogen-bond donors (Lipinski definition) is 1. The van der Waals surface area contributed by atoms with Crippen LogP contribution in [0.5, 0.6) is 0 Å². The van der Waals surface area contributed by atoms with Gasteiger partial charge in [-0.15, -0.1) is 0 Å². The van der Waals surface area contributed by atoms with Gasteiger partial charge >= 0.3 is 6.16 Å². The average molecular weight is 184 g/mol. The first-order valence-electron chi connectivity index (χ1n) is 4.80. The van der Waals surface area contributed by atoms with Crippen molar-refractivity contribution in [1.29, 1.82) is 0 Å². The van der Waals surface area contributed by atoms with Gasteiger partial charge in [-0.1, -0.05) is 12.2 Å². The highest BCUT2D eigenvalue weighted by Gasteiger charge is 2.11. The van der Waals surface area contributed by atoms with E-state index in [0.717, 1.165) is 32.1 Å². The first-order valence-corrected chi connectivity index (χ1v) is 4.80. The van der Waals surface area contributed by atoms with Crippen LogP contribution in [-0.2, 0) is 4.74 Å². The Morgan fingerprint density at radius 2 is 2.15 bits per heavy atom. The maximum Gasteiger partial charge on any atom is 0.505 e. The van der Waals surface area contributed by atoms with Crippen LogP contribution >= 0.6 is 0 Å². The molecule has 0 fully saturated rings. The maximum absolute atomic E-state index is 10.2. The first kappa shape index (κ1) is 10.1. The molecule has 0 aromatic carbocycles. The molecule has 1 unspecified atom stereocenters. The molecule has 0 aromatic rings. The summed E-state index contributed by atoms with van der Waals surface area (Å²) in [6, 6.07) is 0. The van der Waals surface area contributed by atoms with Gasteiger partial charge in [0.25, 0.3) is 0 Å². The number of hydrogen-bond acceptors (Lipinski definition) is 2. The molecule has 1 N–H and O–H groups in total. The molecule has 0 saturated carbocycles. The molecule has 1 atom stereocenters. The zero-order chi connectivity index (χ0) is 9.52. The summed E-state index contributed by atoms with van der Waals surface area (Å²) in [5, 5.41) is 8.33. The van der Waals surface area contributed by atoms with Gasteiger partial charge in [0.1, 0.15) is 0 Å². The first-order chi connectivity index (χ1) is 6.29. The van der Waals surface area contributed by atoms with E-state index < -0.39 is 6.16 Å². The van der Waals surface area contributed by atoms with Crippen molar-refractivity contribution >= 4 is 6.16 Å². The SMILES string of the molecule is O=C(O)OCC1CC/C=C\CCC1. The molecule has 0 saturated heterocycles. The van der Waals surface area contributed by atoms with E-state index in [-0.39, 0.29) is 0 Å². The molecule has 74 valence electrons. The molecule has 0 bridgehead atoms. The molecule has 0 aliphatic heterocycles. The van der Waals surface area contributed by atoms with Crippen molar-refractivity contribution in [2.24, 2.45) is 5.92 Å². The smallest absolute Gasteiger partial charge is 0.450 e. The van der Waals surface area contributed by atoms with E-state index in [1.54, 1.807) is 0 Å². The van der Waals surface area contributed by atoms with Crippen molar-refractivity contribution in [3.05, 3.63) is 12.2 Å². The summed E-state index contributed by atoms with van der Waals surface area (Å²) in [6.07, 6.45) is 8.65. The third-order valence-corrected chi connectivity index (χ3v) is 2.33. The second-order valence-corrected chi connectivity index (χ2v) is 3.42. The molecule has 13 heavy (non-hydrogen) atoms. The molecule has 0 aromatic heterocycles. The minimum atomic E-state index is -1.15. The van der Waals surface area contributed by atoms with Gasteiger partial charge < -0.3 is 9.84 Å². The Kier molecular flexibility index (Phi) is 4.36. The van der Waals surface area contributed by atoms with Crippen molar-refractivity contribution in [1.82, 2.24) is 0 Å². The van der Waals surface area contributed by atoms with E-state index in [1.807, 2.05) is 0 Å². The van der Waals surface area contributed by atoms with Gasteiger partial charge in [-0.2, -0.15) is 0 Å². The summed E-state index contributed by atoms with van der Waals surface area (Å²) in [4.78, 5) is 10.2. The second kappa shape index (κ2) is 5.62. The molecule has 0 heterocycles. The summed E-state index contributed by atoms with van der Waals surface area (Å²) in [5.41, 5.74) is 0. The largest absolute Gasteiger partial charge is 0.505 e. The van der Waals surface area contributed by atoms with Crippen LogP contribution in [0.15, 0.2) is 12.2 Å². The highest BCUT2D eigenvalue weighted by Crippen LogP contribution is 2.18. The van der Waals surface area contributed by atoms with Gasteiger partial charge in [0.05, 0.1) is 6.61 Å². The predicted molar refractivity (Wildman–Crippen MR) is 49.7 cm³/mol. The lowest BCUT2D eigenvalue weighted by atomic mass is 9.95. The molecule has 0 spiro atoms. The second-order valence-electron chi connectivity index (χ2n) is 3.42. The Morgan fingerprint density at radius 1 is 1.38 bits per heavy atom. The predicted octanol–water partition coefficient (Wildman–Crippen LogP) is 2.82. The Bertz CT molecular complexity index is 187. The van der Waals surface area contributed by atoms with E-state index >= 15 is 0 Å². The van der Waals surface area contributed by atoms with Crippen LogP contribution in [0.4, 0.5) is 4.79 Å². The fourth-order valence-electron chi connectivity index (χ4n) is 1.59. The monoisotopic (exact) mass is 184 g/mol. The fourth-order valence-corrected chi connectivity index (χ4v) is 1.59. The molecule has 0 amide bonds. The van der Waals surface area contributed by atoms with Gasteiger partial charge in [-0.3, -0.25) is 0 Å². The highest BCUT2D eigenvalue weighted by molar-refractivity contribution is 5.56. The number of carboxylic acid groups (broad SMARTS) is 1. The van der Waals surface area contributed by atoms with Gasteiger partial charge in [0.15, 0.2) is 0 Å². The van der Waals surface area contributed by atoms with Gasteiger partial charge in [-0.25, -0.2) is 4.79 Å². The van der Waals surface area contributed by atoms with Crippen LogP contribution in [0.25, 0.3) is 0 Å². The van der Waals surface area contributed by atoms with Crippen LogP contribution in [-0.4, -0.2) is 17.9 Å². The summed E-state index contributed by atoms with van der Waals surface area (Å²) < 4.78 is 4.57. The number of allylic oxidation sites excluding steroid dienone is 2. The van der Waals surface area contributed by atoms with Crippen LogP contribution < -0.4 is 0 Å². The zero-order valence-corrected chi connectivity index (χ0v) is 7.74. The van der Waals surface area contributed by atoms with Crippen molar-refractivity contribution in [2.75, 3.05) is 6.61 Å². The molecule has 3 heteroatoms. The Hall–Kier alpha value is -0.990. The molecule has 1 rings (SSSR count). The summed E-state index contributed by atoms with van der Waals surface area (Å²) in [6.45, 7) is 0.364. The number of ether oxygens (including phenoxy) is 1. The third-order valence-electron chi connectivity index (χ3n) is 2.33. The van der Waals surface area contributed by atoms with E-state index in [1.165, 1.54) is 0 Å². The van der Waals surface area contributed by atoms with E-state index in [0.29, 0.717) is 12.5 Å². The summed E-state index contributed by atoms with van der Waals surface area (Å²) >= 11 is 0. The number of rotatable bonds is 2. The fraction of sp³-hybridized carbons (Fsp3) is 0.700. The van der Waals surface area contributed by atoms with E-state index in [2.05, 4.69) is 16.9 Å². The normalized spacial score (nSPS) is 25.7. The van der Waals surface area contributed by atoms with Gasteiger partial charge in [-0.05, 0) is 38.0 Å². The van der Waals surface area contributed by atoms with Gasteiger partial charge in [0, 0.05) is 0 Å². The lowest BCUT2D eigenvalue weighted by Gasteiger charge is -2.16. The molecular formula is C10H16O3. The molecule has 1 aliphatic rings. The van der Waals surface area contributed by atoms with Crippen LogP contribution in [0.1, 0.15) is 32.1 Å². The van der Waals surface area contributed by atoms with Crippen LogP contribution in [0.2, 0.25) is 0 Å². The quantitative estimate of drug-likeness (QED) is 0.530. The van der Waals surface area contributed by atoms with Crippen LogP contribution in [0.3, 0.4) is 0 Å². The number of carbonyl (C=O) groups is 1. The van der Waals surface area contributed by atoms with Crippen molar-refractivity contribution in [3.63, 3.8) is 0 Å². The Morgan fingerprint density at radius 3 is 2.92 bits per heavy atom. The minimum Gasteiger partial charge on any atom is -0.450 e. The van der Waals surface area contributed by atoms with Gasteiger partial charge in [0.2, 0.25) is 0 Å². The summed E-state index contributed by atoms with van der Waals surface area (Å²) in [5.74, 6) is 0.418. The average Bonchev–Trinajstić information content (AvgIpc) is 2.01. The standard InChI is InChI=1S/C10H16O3/c11-10(12)13-8-9-6-4-2-1-3-5-7-9/h1-2,9H,3-8H2,(H,11,12)/b2-1-. The third kappa shape index (κ3) is 4.55.